The molecule has 0 N–H and O–H groups in total. The summed E-state index contributed by atoms with van der Waals surface area (Å²) in [5.74, 6) is 7.37. The monoisotopic (exact) mass is 165 g/mol. The van der Waals surface area contributed by atoms with Gasteiger partial charge in [0, 0.05) is 6.42 Å². The van der Waals surface area contributed by atoms with E-state index in [1.165, 1.54) is 25.7 Å². The van der Waals surface area contributed by atoms with E-state index in [9.17, 15) is 0 Å². The van der Waals surface area contributed by atoms with Crippen LogP contribution in [0.4, 0.5) is 0 Å². The van der Waals surface area contributed by atoms with Gasteiger partial charge in [-0.3, -0.25) is 4.90 Å². The molecule has 0 aromatic rings. The highest BCUT2D eigenvalue weighted by atomic mass is 15.0. The zero-order valence-electron chi connectivity index (χ0n) is 8.27. The molecular formula is C11H19N. The number of hydrogen-bond acceptors (Lipinski definition) is 1. The van der Waals surface area contributed by atoms with Crippen molar-refractivity contribution >= 4 is 0 Å². The van der Waals surface area contributed by atoms with Gasteiger partial charge >= 0.3 is 0 Å². The van der Waals surface area contributed by atoms with Crippen LogP contribution < -0.4 is 0 Å². The quantitative estimate of drug-likeness (QED) is 0.567. The van der Waals surface area contributed by atoms with Crippen molar-refractivity contribution in [3.05, 3.63) is 0 Å². The molecule has 0 spiro atoms. The van der Waals surface area contributed by atoms with Crippen molar-refractivity contribution in [2.45, 2.75) is 32.1 Å². The van der Waals surface area contributed by atoms with Gasteiger partial charge in [0.15, 0.2) is 0 Å². The van der Waals surface area contributed by atoms with E-state index >= 15 is 0 Å². The molecule has 0 aliphatic heterocycles. The van der Waals surface area contributed by atoms with Gasteiger partial charge in [-0.05, 0) is 32.9 Å². The van der Waals surface area contributed by atoms with Gasteiger partial charge in [0.25, 0.3) is 0 Å². The van der Waals surface area contributed by atoms with Crippen molar-refractivity contribution in [1.82, 2.24) is 4.90 Å². The average molecular weight is 165 g/mol. The SMILES string of the molecule is CN(C)CC#CCC1CCCC1. The Morgan fingerprint density at radius 3 is 2.42 bits per heavy atom. The van der Waals surface area contributed by atoms with Crippen molar-refractivity contribution < 1.29 is 0 Å². The maximum Gasteiger partial charge on any atom is 0.0596 e. The smallest absolute Gasteiger partial charge is 0.0596 e. The van der Waals surface area contributed by atoms with Crippen LogP contribution in [0.3, 0.4) is 0 Å². The summed E-state index contributed by atoms with van der Waals surface area (Å²) in [5.41, 5.74) is 0. The maximum absolute atomic E-state index is 3.27. The first-order chi connectivity index (χ1) is 5.79. The second-order valence-corrected chi connectivity index (χ2v) is 3.95. The van der Waals surface area contributed by atoms with E-state index in [-0.39, 0.29) is 0 Å². The molecule has 1 aliphatic rings. The van der Waals surface area contributed by atoms with Crippen LogP contribution in [-0.2, 0) is 0 Å². The molecule has 1 heteroatoms. The summed E-state index contributed by atoms with van der Waals surface area (Å²) in [6.45, 7) is 0.909. The highest BCUT2D eigenvalue weighted by Gasteiger charge is 2.12. The number of hydrogen-bond donors (Lipinski definition) is 0. The van der Waals surface area contributed by atoms with Gasteiger partial charge in [0.05, 0.1) is 6.54 Å². The normalized spacial score (nSPS) is 17.9. The van der Waals surface area contributed by atoms with Crippen LogP contribution in [0.1, 0.15) is 32.1 Å². The largest absolute Gasteiger partial charge is 0.299 e. The first-order valence-corrected chi connectivity index (χ1v) is 4.89. The zero-order valence-corrected chi connectivity index (χ0v) is 8.27. The van der Waals surface area contributed by atoms with Crippen molar-refractivity contribution in [3.8, 4) is 11.8 Å². The van der Waals surface area contributed by atoms with E-state index in [1.54, 1.807) is 0 Å². The summed E-state index contributed by atoms with van der Waals surface area (Å²) in [4.78, 5) is 2.11. The average Bonchev–Trinajstić information content (AvgIpc) is 2.49. The molecule has 1 fully saturated rings. The Hall–Kier alpha value is -0.480. The number of nitrogens with zero attached hydrogens (tertiary/aromatic N) is 1. The minimum absolute atomic E-state index is 0.909. The molecule has 1 saturated carbocycles. The summed E-state index contributed by atoms with van der Waals surface area (Å²) in [6.07, 6.45) is 6.82. The first kappa shape index (κ1) is 9.61. The predicted molar refractivity (Wildman–Crippen MR) is 52.9 cm³/mol. The fourth-order valence-electron chi connectivity index (χ4n) is 1.65. The van der Waals surface area contributed by atoms with Crippen LogP contribution >= 0.6 is 0 Å². The first-order valence-electron chi connectivity index (χ1n) is 4.89. The summed E-state index contributed by atoms with van der Waals surface area (Å²) in [7, 11) is 4.12. The molecule has 0 bridgehead atoms. The summed E-state index contributed by atoms with van der Waals surface area (Å²) < 4.78 is 0. The second-order valence-electron chi connectivity index (χ2n) is 3.95. The van der Waals surface area contributed by atoms with Crippen LogP contribution in [0.25, 0.3) is 0 Å². The summed E-state index contributed by atoms with van der Waals surface area (Å²) in [5, 5.41) is 0. The summed E-state index contributed by atoms with van der Waals surface area (Å²) in [6, 6.07) is 0. The lowest BCUT2D eigenvalue weighted by molar-refractivity contribution is 0.463. The second kappa shape index (κ2) is 5.22. The molecule has 0 aromatic heterocycles. The van der Waals surface area contributed by atoms with Gasteiger partial charge in [-0.2, -0.15) is 0 Å². The van der Waals surface area contributed by atoms with Gasteiger partial charge in [0.1, 0.15) is 0 Å². The third kappa shape index (κ3) is 3.78. The molecule has 1 rings (SSSR count). The molecule has 0 saturated heterocycles. The Morgan fingerprint density at radius 1 is 1.17 bits per heavy atom. The zero-order chi connectivity index (χ0) is 8.81. The lowest BCUT2D eigenvalue weighted by Crippen LogP contribution is -2.10. The van der Waals surface area contributed by atoms with Gasteiger partial charge in [-0.1, -0.05) is 18.8 Å². The van der Waals surface area contributed by atoms with E-state index in [4.69, 9.17) is 0 Å². The molecule has 68 valence electrons. The van der Waals surface area contributed by atoms with Crippen LogP contribution in [0.5, 0.6) is 0 Å². The third-order valence-electron chi connectivity index (χ3n) is 2.39. The third-order valence-corrected chi connectivity index (χ3v) is 2.39. The fourth-order valence-corrected chi connectivity index (χ4v) is 1.65. The summed E-state index contributed by atoms with van der Waals surface area (Å²) >= 11 is 0. The van der Waals surface area contributed by atoms with Crippen LogP contribution in [0.2, 0.25) is 0 Å². The van der Waals surface area contributed by atoms with E-state index < -0.39 is 0 Å². The lowest BCUT2D eigenvalue weighted by atomic mass is 10.1. The van der Waals surface area contributed by atoms with Gasteiger partial charge < -0.3 is 0 Å². The van der Waals surface area contributed by atoms with E-state index in [1.807, 2.05) is 0 Å². The molecule has 0 atom stereocenters. The molecule has 1 aliphatic carbocycles. The van der Waals surface area contributed by atoms with Crippen molar-refractivity contribution in [2.24, 2.45) is 5.92 Å². The Labute approximate surface area is 76.1 Å². The molecule has 0 heterocycles. The van der Waals surface area contributed by atoms with Crippen molar-refractivity contribution in [3.63, 3.8) is 0 Å². The molecule has 0 aromatic carbocycles. The van der Waals surface area contributed by atoms with Crippen LogP contribution in [0, 0.1) is 17.8 Å². The Bertz CT molecular complexity index is 167. The topological polar surface area (TPSA) is 3.24 Å². The highest BCUT2D eigenvalue weighted by molar-refractivity contribution is 5.02. The maximum atomic E-state index is 3.27. The molecule has 12 heavy (non-hydrogen) atoms. The molecule has 0 unspecified atom stereocenters. The Morgan fingerprint density at radius 2 is 1.83 bits per heavy atom. The highest BCUT2D eigenvalue weighted by Crippen LogP contribution is 2.26. The number of rotatable bonds is 2. The van der Waals surface area contributed by atoms with E-state index in [0.29, 0.717) is 0 Å². The predicted octanol–water partition coefficient (Wildman–Crippen LogP) is 2.13. The Kier molecular flexibility index (Phi) is 4.18. The minimum atomic E-state index is 0.909. The standard InChI is InChI=1S/C11H19N/c1-12(2)10-6-5-9-11-7-3-4-8-11/h11H,3-4,7-10H2,1-2H3. The fraction of sp³-hybridized carbons (Fsp3) is 0.818. The van der Waals surface area contributed by atoms with Gasteiger partial charge in [0.2, 0.25) is 0 Å². The van der Waals surface area contributed by atoms with Crippen molar-refractivity contribution in [1.29, 1.82) is 0 Å². The lowest BCUT2D eigenvalue weighted by Gasteiger charge is -2.03. The van der Waals surface area contributed by atoms with Crippen molar-refractivity contribution in [2.75, 3.05) is 20.6 Å². The van der Waals surface area contributed by atoms with Crippen LogP contribution in [0.15, 0.2) is 0 Å². The van der Waals surface area contributed by atoms with Gasteiger partial charge in [-0.25, -0.2) is 0 Å². The van der Waals surface area contributed by atoms with Crippen LogP contribution in [-0.4, -0.2) is 25.5 Å². The molecule has 0 amide bonds. The van der Waals surface area contributed by atoms with E-state index in [2.05, 4.69) is 30.8 Å². The molecular weight excluding hydrogens is 146 g/mol. The molecule has 0 radical (unpaired) electrons. The Balaban J connectivity index is 2.09. The minimum Gasteiger partial charge on any atom is -0.299 e. The molecule has 1 nitrogen and oxygen atoms in total. The van der Waals surface area contributed by atoms with Gasteiger partial charge in [-0.15, -0.1) is 5.92 Å². The van der Waals surface area contributed by atoms with E-state index in [0.717, 1.165) is 18.9 Å².